The Bertz CT molecular complexity index is 300. The van der Waals surface area contributed by atoms with Crippen molar-refractivity contribution in [3.8, 4) is 0 Å². The van der Waals surface area contributed by atoms with Gasteiger partial charge >= 0.3 is 0 Å². The molecule has 2 rings (SSSR count). The van der Waals surface area contributed by atoms with Crippen LogP contribution in [0.3, 0.4) is 0 Å². The van der Waals surface area contributed by atoms with Gasteiger partial charge < -0.3 is 10.5 Å². The van der Waals surface area contributed by atoms with E-state index in [4.69, 9.17) is 10.5 Å². The Morgan fingerprint density at radius 3 is 2.29 bits per heavy atom. The van der Waals surface area contributed by atoms with Crippen LogP contribution in [0.2, 0.25) is 0 Å². The van der Waals surface area contributed by atoms with Gasteiger partial charge in [0, 0.05) is 0 Å². The van der Waals surface area contributed by atoms with Crippen molar-refractivity contribution in [2.24, 2.45) is 5.73 Å². The normalized spacial score (nSPS) is 17.9. The van der Waals surface area contributed by atoms with E-state index >= 15 is 0 Å². The van der Waals surface area contributed by atoms with Crippen molar-refractivity contribution >= 4 is 17.2 Å². The molecule has 0 spiro atoms. The first-order valence-corrected chi connectivity index (χ1v) is 5.00. The van der Waals surface area contributed by atoms with Crippen molar-refractivity contribution in [1.82, 2.24) is 0 Å². The van der Waals surface area contributed by atoms with Gasteiger partial charge in [-0.2, -0.15) is 11.3 Å². The summed E-state index contributed by atoms with van der Waals surface area (Å²) in [6, 6.07) is 4.04. The molecule has 74 valence electrons. The minimum Gasteiger partial charge on any atom is -0.484 e. The minimum absolute atomic E-state index is 0.462. The van der Waals surface area contributed by atoms with Gasteiger partial charge in [-0.25, -0.2) is 0 Å². The van der Waals surface area contributed by atoms with Gasteiger partial charge in [0.05, 0.1) is 6.26 Å². The molecule has 0 fully saturated rings. The number of ether oxygens (including phenoxy) is 1. The standard InChI is InChI=1S/C6H7NO2.C4H4S/c7-6(8)5-3-1-2-4-9-5;1-2-4-5-3-1/h1-5H,(H2,7,8);1-4H. The van der Waals surface area contributed by atoms with E-state index in [9.17, 15) is 4.79 Å². The zero-order valence-corrected chi connectivity index (χ0v) is 8.31. The van der Waals surface area contributed by atoms with Crippen molar-refractivity contribution in [1.29, 1.82) is 0 Å². The molecule has 1 amide bonds. The van der Waals surface area contributed by atoms with Crippen LogP contribution in [0.5, 0.6) is 0 Å². The maximum absolute atomic E-state index is 10.4. The molecular weight excluding hydrogens is 198 g/mol. The van der Waals surface area contributed by atoms with Crippen molar-refractivity contribution in [2.75, 3.05) is 0 Å². The summed E-state index contributed by atoms with van der Waals surface area (Å²) in [5.41, 5.74) is 4.92. The third-order valence-electron chi connectivity index (χ3n) is 1.41. The van der Waals surface area contributed by atoms with Crippen LogP contribution in [-0.2, 0) is 9.53 Å². The summed E-state index contributed by atoms with van der Waals surface area (Å²) < 4.78 is 4.80. The number of amides is 1. The Hall–Kier alpha value is -1.55. The van der Waals surface area contributed by atoms with Gasteiger partial charge in [-0.1, -0.05) is 18.2 Å². The molecule has 14 heavy (non-hydrogen) atoms. The highest BCUT2D eigenvalue weighted by Gasteiger charge is 2.11. The van der Waals surface area contributed by atoms with Gasteiger partial charge in [0.15, 0.2) is 6.10 Å². The fourth-order valence-corrected chi connectivity index (χ4v) is 1.23. The molecule has 4 heteroatoms. The van der Waals surface area contributed by atoms with Gasteiger partial charge in [-0.15, -0.1) is 0 Å². The lowest BCUT2D eigenvalue weighted by Crippen LogP contribution is -2.28. The molecule has 1 aromatic heterocycles. The number of hydrogen-bond donors (Lipinski definition) is 1. The quantitative estimate of drug-likeness (QED) is 0.765. The Morgan fingerprint density at radius 2 is 2.00 bits per heavy atom. The molecule has 3 nitrogen and oxygen atoms in total. The first-order chi connectivity index (χ1) is 6.80. The molecule has 1 aromatic rings. The predicted molar refractivity (Wildman–Crippen MR) is 56.7 cm³/mol. The van der Waals surface area contributed by atoms with Crippen molar-refractivity contribution in [3.05, 3.63) is 47.4 Å². The first kappa shape index (κ1) is 10.5. The number of primary amides is 1. The maximum Gasteiger partial charge on any atom is 0.262 e. The van der Waals surface area contributed by atoms with E-state index in [1.54, 1.807) is 29.6 Å². The summed E-state index contributed by atoms with van der Waals surface area (Å²) in [5, 5.41) is 4.08. The van der Waals surface area contributed by atoms with Crippen LogP contribution in [0.4, 0.5) is 0 Å². The highest BCUT2D eigenvalue weighted by molar-refractivity contribution is 7.07. The van der Waals surface area contributed by atoms with Crippen molar-refractivity contribution in [2.45, 2.75) is 6.10 Å². The third kappa shape index (κ3) is 3.91. The molecule has 0 saturated heterocycles. The second-order valence-corrected chi connectivity index (χ2v) is 3.28. The topological polar surface area (TPSA) is 52.3 Å². The van der Waals surface area contributed by atoms with Gasteiger partial charge in [0.1, 0.15) is 0 Å². The van der Waals surface area contributed by atoms with Crippen LogP contribution in [0.15, 0.2) is 47.4 Å². The number of hydrogen-bond acceptors (Lipinski definition) is 3. The number of rotatable bonds is 1. The molecule has 2 N–H and O–H groups in total. The fraction of sp³-hybridized carbons (Fsp3) is 0.100. The Balaban J connectivity index is 0.000000165. The average Bonchev–Trinajstić information content (AvgIpc) is 2.77. The van der Waals surface area contributed by atoms with Gasteiger partial charge in [0.2, 0.25) is 0 Å². The lowest BCUT2D eigenvalue weighted by Gasteiger charge is -2.09. The molecule has 0 aromatic carbocycles. The van der Waals surface area contributed by atoms with Crippen LogP contribution in [0.25, 0.3) is 0 Å². The first-order valence-electron chi connectivity index (χ1n) is 4.06. The molecule has 0 radical (unpaired) electrons. The van der Waals surface area contributed by atoms with E-state index in [2.05, 4.69) is 0 Å². The molecule has 1 aliphatic rings. The van der Waals surface area contributed by atoms with E-state index in [-0.39, 0.29) is 0 Å². The van der Waals surface area contributed by atoms with Crippen LogP contribution in [0, 0.1) is 0 Å². The second kappa shape index (κ2) is 5.99. The highest BCUT2D eigenvalue weighted by Crippen LogP contribution is 1.99. The van der Waals surface area contributed by atoms with E-state index in [0.29, 0.717) is 0 Å². The van der Waals surface area contributed by atoms with Crippen LogP contribution in [0.1, 0.15) is 0 Å². The van der Waals surface area contributed by atoms with Gasteiger partial charge in [-0.05, 0) is 22.9 Å². The Labute approximate surface area is 86.5 Å². The molecular formula is C10H11NO2S. The number of carbonyl (C=O) groups is 1. The summed E-state index contributed by atoms with van der Waals surface area (Å²) in [6.07, 6.45) is 5.88. The molecule has 1 aliphatic heterocycles. The summed E-state index contributed by atoms with van der Waals surface area (Å²) in [5.74, 6) is -0.462. The summed E-state index contributed by atoms with van der Waals surface area (Å²) >= 11 is 1.71. The number of nitrogens with two attached hydrogens (primary N) is 1. The number of allylic oxidation sites excluding steroid dienone is 2. The van der Waals surface area contributed by atoms with Crippen LogP contribution in [-0.4, -0.2) is 12.0 Å². The number of thiophene rings is 1. The molecule has 1 unspecified atom stereocenters. The average molecular weight is 209 g/mol. The maximum atomic E-state index is 10.4. The zero-order valence-electron chi connectivity index (χ0n) is 7.50. The molecule has 1 atom stereocenters. The minimum atomic E-state index is -0.574. The molecule has 0 aliphatic carbocycles. The summed E-state index contributed by atoms with van der Waals surface area (Å²) in [6.45, 7) is 0. The fourth-order valence-electron chi connectivity index (χ4n) is 0.774. The number of carbonyl (C=O) groups excluding carboxylic acids is 1. The Morgan fingerprint density at radius 1 is 1.29 bits per heavy atom. The van der Waals surface area contributed by atoms with E-state index in [1.165, 1.54) is 6.26 Å². The molecule has 0 bridgehead atoms. The van der Waals surface area contributed by atoms with E-state index < -0.39 is 12.0 Å². The lowest BCUT2D eigenvalue weighted by atomic mass is 10.3. The van der Waals surface area contributed by atoms with Crippen LogP contribution < -0.4 is 5.73 Å². The van der Waals surface area contributed by atoms with Crippen molar-refractivity contribution in [3.63, 3.8) is 0 Å². The summed E-state index contributed by atoms with van der Waals surface area (Å²) in [4.78, 5) is 10.4. The SMILES string of the molecule is NC(=O)C1C=CC=CO1.c1ccsc1. The smallest absolute Gasteiger partial charge is 0.262 e. The second-order valence-electron chi connectivity index (χ2n) is 2.47. The van der Waals surface area contributed by atoms with E-state index in [1.807, 2.05) is 22.9 Å². The largest absolute Gasteiger partial charge is 0.484 e. The van der Waals surface area contributed by atoms with E-state index in [0.717, 1.165) is 0 Å². The van der Waals surface area contributed by atoms with Gasteiger partial charge in [-0.3, -0.25) is 4.79 Å². The monoisotopic (exact) mass is 209 g/mol. The van der Waals surface area contributed by atoms with Crippen molar-refractivity contribution < 1.29 is 9.53 Å². The highest BCUT2D eigenvalue weighted by atomic mass is 32.1. The lowest BCUT2D eigenvalue weighted by molar-refractivity contribution is -0.124. The predicted octanol–water partition coefficient (Wildman–Crippen LogP) is 1.69. The molecule has 0 saturated carbocycles. The Kier molecular flexibility index (Phi) is 4.50. The van der Waals surface area contributed by atoms with Crippen LogP contribution >= 0.6 is 11.3 Å². The van der Waals surface area contributed by atoms with Gasteiger partial charge in [0.25, 0.3) is 5.91 Å². The zero-order chi connectivity index (χ0) is 10.2. The molecule has 2 heterocycles. The summed E-state index contributed by atoms with van der Waals surface area (Å²) in [7, 11) is 0. The third-order valence-corrected chi connectivity index (χ3v) is 2.04.